The van der Waals surface area contributed by atoms with Gasteiger partial charge in [-0.25, -0.2) is 4.21 Å². The molecule has 3 rings (SSSR count). The Labute approximate surface area is 187 Å². The molecule has 11 heteroatoms. The number of aryl methyl sites for hydroxylation is 1. The number of nitrogens with zero attached hydrogens (tertiary/aromatic N) is 5. The van der Waals surface area contributed by atoms with E-state index in [2.05, 4.69) is 30.7 Å². The van der Waals surface area contributed by atoms with E-state index in [4.69, 9.17) is 5.26 Å². The summed E-state index contributed by atoms with van der Waals surface area (Å²) in [7, 11) is -1.01. The fourth-order valence-corrected chi connectivity index (χ4v) is 4.25. The number of carbonyl (C=O) groups is 1. The first kappa shape index (κ1) is 22.5. The molecule has 1 atom stereocenters. The molecule has 9 nitrogen and oxygen atoms in total. The summed E-state index contributed by atoms with van der Waals surface area (Å²) >= 11 is 3.29. The Morgan fingerprint density at radius 2 is 2.00 bits per heavy atom. The second-order valence-electron chi connectivity index (χ2n) is 6.77. The fourth-order valence-electron chi connectivity index (χ4n) is 2.94. The Bertz CT molecular complexity index is 1380. The first-order valence-electron chi connectivity index (χ1n) is 9.03. The highest BCUT2D eigenvalue weighted by Crippen LogP contribution is 2.18. The van der Waals surface area contributed by atoms with Crippen molar-refractivity contribution in [2.75, 3.05) is 6.26 Å². The largest absolute Gasteiger partial charge is 0.348 e. The normalized spacial score (nSPS) is 12.6. The van der Waals surface area contributed by atoms with Crippen LogP contribution >= 0.6 is 15.9 Å². The van der Waals surface area contributed by atoms with Crippen LogP contribution in [0.4, 0.5) is 0 Å². The molecule has 160 valence electrons. The predicted molar refractivity (Wildman–Crippen MR) is 119 cm³/mol. The van der Waals surface area contributed by atoms with Crippen molar-refractivity contribution in [2.45, 2.75) is 18.4 Å². The molecule has 0 aliphatic carbocycles. The number of nitriles is 1. The third kappa shape index (κ3) is 4.60. The van der Waals surface area contributed by atoms with Crippen LogP contribution in [-0.4, -0.2) is 30.7 Å². The highest BCUT2D eigenvalue weighted by molar-refractivity contribution is 9.10. The van der Waals surface area contributed by atoms with E-state index in [0.29, 0.717) is 20.9 Å². The maximum Gasteiger partial charge on any atom is 0.257 e. The minimum absolute atomic E-state index is 0.0142. The van der Waals surface area contributed by atoms with E-state index in [1.165, 1.54) is 12.5 Å². The number of rotatable bonds is 5. The summed E-state index contributed by atoms with van der Waals surface area (Å²) < 4.78 is 19.4. The SMILES string of the molecule is Cc1c(Br)c(=O)c(C(=O)NCc2ccc([S@@](C)(=O)=NC#N)cc2)cn1-c1ccnn1C. The van der Waals surface area contributed by atoms with Gasteiger partial charge in [0.1, 0.15) is 11.4 Å². The highest BCUT2D eigenvalue weighted by Gasteiger charge is 2.18. The molecule has 3 aromatic rings. The first-order chi connectivity index (χ1) is 14.7. The minimum Gasteiger partial charge on any atom is -0.348 e. The molecule has 1 N–H and O–H groups in total. The molecule has 31 heavy (non-hydrogen) atoms. The summed E-state index contributed by atoms with van der Waals surface area (Å²) in [5, 5.41) is 15.5. The maximum atomic E-state index is 12.8. The zero-order chi connectivity index (χ0) is 22.8. The fraction of sp³-hybridized carbons (Fsp3) is 0.200. The maximum absolute atomic E-state index is 12.8. The van der Waals surface area contributed by atoms with Gasteiger partial charge in [-0.15, -0.1) is 4.36 Å². The number of aromatic nitrogens is 3. The summed E-state index contributed by atoms with van der Waals surface area (Å²) in [6.07, 6.45) is 6.07. The number of pyridine rings is 1. The van der Waals surface area contributed by atoms with Gasteiger partial charge in [0.05, 0.1) is 20.4 Å². The van der Waals surface area contributed by atoms with E-state index in [9.17, 15) is 13.8 Å². The van der Waals surface area contributed by atoms with Crippen LogP contribution in [-0.2, 0) is 23.3 Å². The molecule has 1 aromatic carbocycles. The highest BCUT2D eigenvalue weighted by atomic mass is 79.9. The Hall–Kier alpha value is -3.23. The number of hydrogen-bond acceptors (Lipinski definition) is 6. The van der Waals surface area contributed by atoms with Gasteiger partial charge in [-0.1, -0.05) is 12.1 Å². The van der Waals surface area contributed by atoms with Crippen molar-refractivity contribution in [3.8, 4) is 12.0 Å². The number of benzene rings is 1. The third-order valence-corrected chi connectivity index (χ3v) is 7.21. The lowest BCUT2D eigenvalue weighted by molar-refractivity contribution is 0.0949. The van der Waals surface area contributed by atoms with Crippen molar-refractivity contribution >= 4 is 31.6 Å². The van der Waals surface area contributed by atoms with Crippen LogP contribution in [0.1, 0.15) is 21.6 Å². The first-order valence-corrected chi connectivity index (χ1v) is 11.7. The summed E-state index contributed by atoms with van der Waals surface area (Å²) in [4.78, 5) is 25.8. The smallest absolute Gasteiger partial charge is 0.257 e. The standard InChI is InChI=1S/C20H19BrN6O3S/c1-13-18(21)19(28)16(11-27(13)17-8-9-24-26(17)2)20(29)23-10-14-4-6-15(7-5-14)31(3,30)25-12-22/h4-9,11H,10H2,1-3H3,(H,23,29)/t31-/m1/s1. The zero-order valence-electron chi connectivity index (χ0n) is 17.0. The lowest BCUT2D eigenvalue weighted by atomic mass is 10.2. The molecule has 0 radical (unpaired) electrons. The van der Waals surface area contributed by atoms with E-state index in [-0.39, 0.29) is 12.1 Å². The molecule has 0 saturated heterocycles. The van der Waals surface area contributed by atoms with Crippen molar-refractivity contribution in [3.63, 3.8) is 0 Å². The van der Waals surface area contributed by atoms with Crippen LogP contribution in [0.3, 0.4) is 0 Å². The van der Waals surface area contributed by atoms with Gasteiger partial charge >= 0.3 is 0 Å². The molecule has 2 heterocycles. The number of nitrogens with one attached hydrogen (secondary N) is 1. The van der Waals surface area contributed by atoms with E-state index >= 15 is 0 Å². The van der Waals surface area contributed by atoms with Gasteiger partial charge in [0.2, 0.25) is 11.6 Å². The number of amides is 1. The second-order valence-corrected chi connectivity index (χ2v) is 9.83. The average molecular weight is 503 g/mol. The summed E-state index contributed by atoms with van der Waals surface area (Å²) in [6.45, 7) is 1.93. The van der Waals surface area contributed by atoms with Gasteiger partial charge in [-0.3, -0.25) is 14.3 Å². The number of halogens is 1. The van der Waals surface area contributed by atoms with Crippen molar-refractivity contribution in [3.05, 3.63) is 74.2 Å². The van der Waals surface area contributed by atoms with Gasteiger partial charge in [0.15, 0.2) is 0 Å². The Morgan fingerprint density at radius 3 is 2.58 bits per heavy atom. The van der Waals surface area contributed by atoms with E-state index in [1.807, 2.05) is 0 Å². The lowest BCUT2D eigenvalue weighted by Gasteiger charge is -2.14. The molecule has 2 aromatic heterocycles. The van der Waals surface area contributed by atoms with Gasteiger partial charge in [-0.2, -0.15) is 10.4 Å². The second kappa shape index (κ2) is 8.87. The predicted octanol–water partition coefficient (Wildman–Crippen LogP) is 2.51. The van der Waals surface area contributed by atoms with Crippen LogP contribution in [0.15, 0.2) is 61.3 Å². The molecule has 0 bridgehead atoms. The van der Waals surface area contributed by atoms with Crippen molar-refractivity contribution in [1.29, 1.82) is 5.26 Å². The Kier molecular flexibility index (Phi) is 6.42. The van der Waals surface area contributed by atoms with Crippen LogP contribution in [0.25, 0.3) is 5.82 Å². The zero-order valence-corrected chi connectivity index (χ0v) is 19.4. The average Bonchev–Trinajstić information content (AvgIpc) is 3.16. The summed E-state index contributed by atoms with van der Waals surface area (Å²) in [5.74, 6) is 0.179. The van der Waals surface area contributed by atoms with Gasteiger partial charge in [0.25, 0.3) is 5.91 Å². The lowest BCUT2D eigenvalue weighted by Crippen LogP contribution is -2.30. The molecule has 0 unspecified atom stereocenters. The monoisotopic (exact) mass is 502 g/mol. The molecular weight excluding hydrogens is 484 g/mol. The van der Waals surface area contributed by atoms with E-state index in [0.717, 1.165) is 5.56 Å². The van der Waals surface area contributed by atoms with Gasteiger partial charge < -0.3 is 9.88 Å². The molecule has 0 aliphatic rings. The summed E-state index contributed by atoms with van der Waals surface area (Å²) in [6, 6.07) is 8.35. The van der Waals surface area contributed by atoms with Gasteiger partial charge in [-0.05, 0) is 40.5 Å². The molecule has 0 aliphatic heterocycles. The molecule has 0 fully saturated rings. The molecule has 0 saturated carbocycles. The van der Waals surface area contributed by atoms with Crippen molar-refractivity contribution in [2.24, 2.45) is 11.4 Å². The number of hydrogen-bond donors (Lipinski definition) is 1. The van der Waals surface area contributed by atoms with Crippen LogP contribution in [0.5, 0.6) is 0 Å². The number of carbonyl (C=O) groups excluding carboxylic acids is 1. The van der Waals surface area contributed by atoms with Crippen molar-refractivity contribution < 1.29 is 9.00 Å². The Balaban J connectivity index is 1.85. The quantitative estimate of drug-likeness (QED) is 0.537. The van der Waals surface area contributed by atoms with E-state index < -0.39 is 21.1 Å². The topological polar surface area (TPSA) is 122 Å². The molecule has 0 spiro atoms. The van der Waals surface area contributed by atoms with Crippen LogP contribution in [0.2, 0.25) is 0 Å². The Morgan fingerprint density at radius 1 is 1.32 bits per heavy atom. The van der Waals surface area contributed by atoms with Crippen LogP contribution < -0.4 is 10.7 Å². The van der Waals surface area contributed by atoms with E-state index in [1.54, 1.807) is 65.9 Å². The molecular formula is C20H19BrN6O3S. The summed E-state index contributed by atoms with van der Waals surface area (Å²) in [5.41, 5.74) is 0.960. The minimum atomic E-state index is -2.78. The van der Waals surface area contributed by atoms with Crippen molar-refractivity contribution in [1.82, 2.24) is 19.7 Å². The third-order valence-electron chi connectivity index (χ3n) is 4.70. The molecule has 1 amide bonds. The van der Waals surface area contributed by atoms with Gasteiger partial charge in [0, 0.05) is 42.7 Å². The van der Waals surface area contributed by atoms with Crippen LogP contribution in [0, 0.1) is 18.4 Å².